The summed E-state index contributed by atoms with van der Waals surface area (Å²) in [5.74, 6) is 0.476. The van der Waals surface area contributed by atoms with Crippen LogP contribution in [0.25, 0.3) is 0 Å². The molecule has 4 heteroatoms. The van der Waals surface area contributed by atoms with Crippen LogP contribution in [0.3, 0.4) is 0 Å². The SMILES string of the molecule is CCN(CCOC)CCC1CCCC1(N)CO. The Labute approximate surface area is 105 Å². The molecule has 0 aromatic heterocycles. The molecule has 0 aromatic rings. The zero-order valence-corrected chi connectivity index (χ0v) is 11.3. The molecule has 0 bridgehead atoms. The predicted octanol–water partition coefficient (Wildman–Crippen LogP) is 0.835. The van der Waals surface area contributed by atoms with E-state index in [1.54, 1.807) is 7.11 Å². The Morgan fingerprint density at radius 3 is 2.82 bits per heavy atom. The van der Waals surface area contributed by atoms with Crippen molar-refractivity contribution < 1.29 is 9.84 Å². The second-order valence-electron chi connectivity index (χ2n) is 5.20. The first kappa shape index (κ1) is 14.9. The molecule has 0 saturated heterocycles. The largest absolute Gasteiger partial charge is 0.394 e. The van der Waals surface area contributed by atoms with Crippen molar-refractivity contribution in [3.63, 3.8) is 0 Å². The smallest absolute Gasteiger partial charge is 0.0613 e. The van der Waals surface area contributed by atoms with Crippen LogP contribution in [0.5, 0.6) is 0 Å². The van der Waals surface area contributed by atoms with Crippen LogP contribution < -0.4 is 5.73 Å². The van der Waals surface area contributed by atoms with Gasteiger partial charge < -0.3 is 20.5 Å². The van der Waals surface area contributed by atoms with Crippen molar-refractivity contribution in [2.24, 2.45) is 11.7 Å². The van der Waals surface area contributed by atoms with Crippen molar-refractivity contribution in [3.8, 4) is 0 Å². The van der Waals surface area contributed by atoms with Gasteiger partial charge in [0.2, 0.25) is 0 Å². The van der Waals surface area contributed by atoms with Crippen LogP contribution in [-0.2, 0) is 4.74 Å². The van der Waals surface area contributed by atoms with E-state index in [1.165, 1.54) is 6.42 Å². The number of aliphatic hydroxyl groups excluding tert-OH is 1. The van der Waals surface area contributed by atoms with Gasteiger partial charge in [0, 0.05) is 19.2 Å². The minimum absolute atomic E-state index is 0.127. The Hall–Kier alpha value is -0.160. The van der Waals surface area contributed by atoms with E-state index in [9.17, 15) is 5.11 Å². The van der Waals surface area contributed by atoms with Gasteiger partial charge in [0.1, 0.15) is 0 Å². The van der Waals surface area contributed by atoms with Crippen LogP contribution in [0.4, 0.5) is 0 Å². The Morgan fingerprint density at radius 2 is 2.24 bits per heavy atom. The number of hydrogen-bond donors (Lipinski definition) is 2. The Morgan fingerprint density at radius 1 is 1.47 bits per heavy atom. The molecular formula is C13H28N2O2. The third-order valence-electron chi connectivity index (χ3n) is 4.15. The average Bonchev–Trinajstić information content (AvgIpc) is 2.72. The van der Waals surface area contributed by atoms with Gasteiger partial charge >= 0.3 is 0 Å². The van der Waals surface area contributed by atoms with E-state index >= 15 is 0 Å². The van der Waals surface area contributed by atoms with Gasteiger partial charge in [-0.3, -0.25) is 0 Å². The fourth-order valence-electron chi connectivity index (χ4n) is 2.80. The highest BCUT2D eigenvalue weighted by Gasteiger charge is 2.38. The number of ether oxygens (including phenoxy) is 1. The third-order valence-corrected chi connectivity index (χ3v) is 4.15. The third kappa shape index (κ3) is 4.21. The number of hydrogen-bond acceptors (Lipinski definition) is 4. The van der Waals surface area contributed by atoms with E-state index in [0.717, 1.165) is 45.5 Å². The van der Waals surface area contributed by atoms with Gasteiger partial charge in [-0.1, -0.05) is 13.3 Å². The summed E-state index contributed by atoms with van der Waals surface area (Å²) in [6.07, 6.45) is 4.39. The minimum atomic E-state index is -0.319. The molecule has 1 saturated carbocycles. The molecule has 0 heterocycles. The molecule has 3 N–H and O–H groups in total. The van der Waals surface area contributed by atoms with Crippen LogP contribution in [0.2, 0.25) is 0 Å². The van der Waals surface area contributed by atoms with E-state index in [4.69, 9.17) is 10.5 Å². The Bertz CT molecular complexity index is 214. The Kier molecular flexibility index (Phi) is 6.41. The second-order valence-corrected chi connectivity index (χ2v) is 5.20. The van der Waals surface area contributed by atoms with Gasteiger partial charge in [0.15, 0.2) is 0 Å². The molecule has 1 fully saturated rings. The lowest BCUT2D eigenvalue weighted by Gasteiger charge is -2.31. The summed E-state index contributed by atoms with van der Waals surface area (Å²) >= 11 is 0. The van der Waals surface area contributed by atoms with E-state index in [1.807, 2.05) is 0 Å². The average molecular weight is 244 g/mol. The van der Waals surface area contributed by atoms with Crippen LogP contribution in [0.15, 0.2) is 0 Å². The molecule has 102 valence electrons. The maximum absolute atomic E-state index is 9.40. The highest BCUT2D eigenvalue weighted by Crippen LogP contribution is 2.35. The van der Waals surface area contributed by atoms with Crippen LogP contribution >= 0.6 is 0 Å². The lowest BCUT2D eigenvalue weighted by molar-refractivity contribution is 0.127. The molecule has 0 spiro atoms. The van der Waals surface area contributed by atoms with E-state index in [0.29, 0.717) is 5.92 Å². The molecular weight excluding hydrogens is 216 g/mol. The van der Waals surface area contributed by atoms with Crippen molar-refractivity contribution in [2.75, 3.05) is 40.0 Å². The van der Waals surface area contributed by atoms with Gasteiger partial charge in [0.25, 0.3) is 0 Å². The van der Waals surface area contributed by atoms with E-state index < -0.39 is 0 Å². The standard InChI is InChI=1S/C13H28N2O2/c1-3-15(9-10-17-2)8-6-12-5-4-7-13(12,14)11-16/h12,16H,3-11,14H2,1-2H3. The van der Waals surface area contributed by atoms with Crippen molar-refractivity contribution in [2.45, 2.75) is 38.1 Å². The molecule has 2 unspecified atom stereocenters. The zero-order chi connectivity index (χ0) is 12.7. The zero-order valence-electron chi connectivity index (χ0n) is 11.3. The maximum atomic E-state index is 9.40. The number of nitrogens with two attached hydrogens (primary N) is 1. The molecule has 17 heavy (non-hydrogen) atoms. The first-order valence-electron chi connectivity index (χ1n) is 6.77. The summed E-state index contributed by atoms with van der Waals surface area (Å²) in [4.78, 5) is 2.39. The van der Waals surface area contributed by atoms with Gasteiger partial charge in [-0.05, 0) is 38.3 Å². The Balaban J connectivity index is 2.33. The summed E-state index contributed by atoms with van der Waals surface area (Å²) in [5, 5.41) is 9.40. The number of likely N-dealkylation sites (N-methyl/N-ethyl adjacent to an activating group) is 1. The summed E-state index contributed by atoms with van der Waals surface area (Å²) in [7, 11) is 1.74. The van der Waals surface area contributed by atoms with Crippen LogP contribution in [0, 0.1) is 5.92 Å². The van der Waals surface area contributed by atoms with Crippen molar-refractivity contribution in [1.82, 2.24) is 4.90 Å². The number of methoxy groups -OCH3 is 1. The van der Waals surface area contributed by atoms with Crippen LogP contribution in [-0.4, -0.2) is 55.5 Å². The predicted molar refractivity (Wildman–Crippen MR) is 70.0 cm³/mol. The van der Waals surface area contributed by atoms with E-state index in [-0.39, 0.29) is 12.1 Å². The molecule has 0 radical (unpaired) electrons. The summed E-state index contributed by atoms with van der Waals surface area (Å²) in [6.45, 7) is 6.17. The molecule has 0 aromatic carbocycles. The van der Waals surface area contributed by atoms with Gasteiger partial charge in [-0.25, -0.2) is 0 Å². The molecule has 0 aliphatic heterocycles. The molecule has 4 nitrogen and oxygen atoms in total. The lowest BCUT2D eigenvalue weighted by Crippen LogP contribution is -2.48. The highest BCUT2D eigenvalue weighted by atomic mass is 16.5. The fraction of sp³-hybridized carbons (Fsp3) is 1.00. The molecule has 1 rings (SSSR count). The van der Waals surface area contributed by atoms with E-state index in [2.05, 4.69) is 11.8 Å². The van der Waals surface area contributed by atoms with Gasteiger partial charge in [0.05, 0.1) is 13.2 Å². The highest BCUT2D eigenvalue weighted by molar-refractivity contribution is 4.96. The summed E-state index contributed by atoms with van der Waals surface area (Å²) in [6, 6.07) is 0. The first-order valence-corrected chi connectivity index (χ1v) is 6.77. The first-order chi connectivity index (χ1) is 8.16. The van der Waals surface area contributed by atoms with Crippen LogP contribution in [0.1, 0.15) is 32.6 Å². The normalized spacial score (nSPS) is 29.1. The monoisotopic (exact) mass is 244 g/mol. The van der Waals surface area contributed by atoms with Crippen molar-refractivity contribution in [1.29, 1.82) is 0 Å². The van der Waals surface area contributed by atoms with Crippen molar-refractivity contribution >= 4 is 0 Å². The number of nitrogens with zero attached hydrogens (tertiary/aromatic N) is 1. The molecule has 2 atom stereocenters. The minimum Gasteiger partial charge on any atom is -0.394 e. The molecule has 1 aliphatic carbocycles. The summed E-state index contributed by atoms with van der Waals surface area (Å²) < 4.78 is 5.10. The summed E-state index contributed by atoms with van der Waals surface area (Å²) in [5.41, 5.74) is 5.92. The van der Waals surface area contributed by atoms with Crippen molar-refractivity contribution in [3.05, 3.63) is 0 Å². The fourth-order valence-corrected chi connectivity index (χ4v) is 2.80. The molecule has 0 amide bonds. The van der Waals surface area contributed by atoms with Gasteiger partial charge in [-0.15, -0.1) is 0 Å². The molecule has 1 aliphatic rings. The lowest BCUT2D eigenvalue weighted by atomic mass is 9.86. The quantitative estimate of drug-likeness (QED) is 0.664. The maximum Gasteiger partial charge on any atom is 0.0613 e. The number of rotatable bonds is 8. The number of aliphatic hydroxyl groups is 1. The topological polar surface area (TPSA) is 58.7 Å². The second kappa shape index (κ2) is 7.31. The van der Waals surface area contributed by atoms with Gasteiger partial charge in [-0.2, -0.15) is 0 Å².